The van der Waals surface area contributed by atoms with Crippen molar-refractivity contribution in [1.29, 1.82) is 0 Å². The number of hydrogen-bond donors (Lipinski definition) is 1. The van der Waals surface area contributed by atoms with E-state index in [1.165, 1.54) is 44.9 Å². The minimum absolute atomic E-state index is 0.345. The minimum Gasteiger partial charge on any atom is -0.493 e. The van der Waals surface area contributed by atoms with E-state index in [-0.39, 0.29) is 0 Å². The highest BCUT2D eigenvalue weighted by molar-refractivity contribution is 7.80. The standard InChI is InChI=1S/C17H26ClNOS/c1-2-3-4-5-6-7-8-9-12-20-16-13-14(18)10-11-15(16)17(19)21/h10-11,13H,2-9,12H2,1H3,(H2,19,21). The number of unbranched alkanes of at least 4 members (excludes halogenated alkanes) is 7. The lowest BCUT2D eigenvalue weighted by Crippen LogP contribution is -2.12. The predicted octanol–water partition coefficient (Wildman–Crippen LogP) is 5.49. The first-order valence-electron chi connectivity index (χ1n) is 7.87. The highest BCUT2D eigenvalue weighted by atomic mass is 35.5. The molecule has 0 aromatic heterocycles. The quantitative estimate of drug-likeness (QED) is 0.431. The van der Waals surface area contributed by atoms with E-state index in [1.807, 2.05) is 6.07 Å². The molecule has 2 nitrogen and oxygen atoms in total. The van der Waals surface area contributed by atoms with Crippen LogP contribution in [0.3, 0.4) is 0 Å². The summed E-state index contributed by atoms with van der Waals surface area (Å²) in [5.41, 5.74) is 6.44. The Hall–Kier alpha value is -0.800. The van der Waals surface area contributed by atoms with Gasteiger partial charge in [-0.1, -0.05) is 75.7 Å². The zero-order valence-corrected chi connectivity index (χ0v) is 14.4. The first-order chi connectivity index (χ1) is 10.1. The van der Waals surface area contributed by atoms with Crippen molar-refractivity contribution < 1.29 is 4.74 Å². The number of benzene rings is 1. The van der Waals surface area contributed by atoms with Crippen LogP contribution in [-0.2, 0) is 0 Å². The average molecular weight is 328 g/mol. The van der Waals surface area contributed by atoms with Gasteiger partial charge in [0.2, 0.25) is 0 Å². The summed E-state index contributed by atoms with van der Waals surface area (Å²) in [5, 5.41) is 0.640. The van der Waals surface area contributed by atoms with Gasteiger partial charge in [-0.3, -0.25) is 0 Å². The van der Waals surface area contributed by atoms with Gasteiger partial charge in [0, 0.05) is 5.02 Å². The highest BCUT2D eigenvalue weighted by Crippen LogP contribution is 2.23. The lowest BCUT2D eigenvalue weighted by Gasteiger charge is -2.11. The van der Waals surface area contributed by atoms with Gasteiger partial charge in [0.25, 0.3) is 0 Å². The SMILES string of the molecule is CCCCCCCCCCOc1cc(Cl)ccc1C(N)=S. The number of rotatable bonds is 11. The lowest BCUT2D eigenvalue weighted by molar-refractivity contribution is 0.304. The summed E-state index contributed by atoms with van der Waals surface area (Å²) in [7, 11) is 0. The molecule has 0 amide bonds. The molecule has 0 bridgehead atoms. The molecule has 0 saturated carbocycles. The molecule has 0 spiro atoms. The maximum Gasteiger partial charge on any atom is 0.130 e. The summed E-state index contributed by atoms with van der Waals surface area (Å²) < 4.78 is 5.77. The van der Waals surface area contributed by atoms with Gasteiger partial charge < -0.3 is 10.5 Å². The zero-order valence-electron chi connectivity index (χ0n) is 12.9. The Bertz CT molecular complexity index is 437. The topological polar surface area (TPSA) is 35.2 Å². The molecule has 0 aliphatic carbocycles. The van der Waals surface area contributed by atoms with Crippen molar-refractivity contribution in [3.63, 3.8) is 0 Å². The molecule has 1 aromatic rings. The van der Waals surface area contributed by atoms with Gasteiger partial charge >= 0.3 is 0 Å². The Kier molecular flexibility index (Phi) is 9.44. The van der Waals surface area contributed by atoms with E-state index in [0.717, 1.165) is 12.0 Å². The molecular formula is C17H26ClNOS. The molecule has 2 N–H and O–H groups in total. The average Bonchev–Trinajstić information content (AvgIpc) is 2.45. The lowest BCUT2D eigenvalue weighted by atomic mass is 10.1. The molecule has 118 valence electrons. The second kappa shape index (κ2) is 10.9. The number of nitrogens with two attached hydrogens (primary N) is 1. The third-order valence-corrected chi connectivity index (χ3v) is 3.92. The molecule has 0 unspecified atom stereocenters. The summed E-state index contributed by atoms with van der Waals surface area (Å²) in [5.74, 6) is 0.693. The smallest absolute Gasteiger partial charge is 0.130 e. The zero-order chi connectivity index (χ0) is 15.5. The second-order valence-electron chi connectivity index (χ2n) is 5.33. The van der Waals surface area contributed by atoms with Crippen molar-refractivity contribution >= 4 is 28.8 Å². The van der Waals surface area contributed by atoms with E-state index < -0.39 is 0 Å². The highest BCUT2D eigenvalue weighted by Gasteiger charge is 2.07. The fourth-order valence-corrected chi connectivity index (χ4v) is 2.57. The molecule has 0 fully saturated rings. The molecule has 4 heteroatoms. The van der Waals surface area contributed by atoms with E-state index in [2.05, 4.69) is 6.92 Å². The van der Waals surface area contributed by atoms with E-state index in [4.69, 9.17) is 34.3 Å². The van der Waals surface area contributed by atoms with Crippen LogP contribution >= 0.6 is 23.8 Å². The molecule has 0 saturated heterocycles. The third kappa shape index (κ3) is 7.68. The number of halogens is 1. The summed E-state index contributed by atoms with van der Waals surface area (Å²) in [6.45, 7) is 2.93. The molecule has 1 rings (SSSR count). The van der Waals surface area contributed by atoms with Gasteiger partial charge in [-0.2, -0.15) is 0 Å². The number of ether oxygens (including phenoxy) is 1. The largest absolute Gasteiger partial charge is 0.493 e. The van der Waals surface area contributed by atoms with Crippen molar-refractivity contribution in [2.75, 3.05) is 6.61 Å². The molecule has 21 heavy (non-hydrogen) atoms. The van der Waals surface area contributed by atoms with Crippen LogP contribution in [0.2, 0.25) is 5.02 Å². The van der Waals surface area contributed by atoms with Gasteiger partial charge in [-0.15, -0.1) is 0 Å². The van der Waals surface area contributed by atoms with Gasteiger partial charge in [0.15, 0.2) is 0 Å². The number of thiocarbonyl (C=S) groups is 1. The third-order valence-electron chi connectivity index (χ3n) is 3.46. The van der Waals surface area contributed by atoms with E-state index >= 15 is 0 Å². The monoisotopic (exact) mass is 327 g/mol. The van der Waals surface area contributed by atoms with Crippen LogP contribution < -0.4 is 10.5 Å². The summed E-state index contributed by atoms with van der Waals surface area (Å²) >= 11 is 11.0. The molecule has 0 aliphatic rings. The van der Waals surface area contributed by atoms with Crippen molar-refractivity contribution in [2.45, 2.75) is 58.3 Å². The molecule has 0 heterocycles. The minimum atomic E-state index is 0.345. The van der Waals surface area contributed by atoms with Gasteiger partial charge in [0.05, 0.1) is 12.2 Å². The van der Waals surface area contributed by atoms with Crippen LogP contribution in [0.25, 0.3) is 0 Å². The number of hydrogen-bond acceptors (Lipinski definition) is 2. The summed E-state index contributed by atoms with van der Waals surface area (Å²) in [4.78, 5) is 0.345. The summed E-state index contributed by atoms with van der Waals surface area (Å²) in [6.07, 6.45) is 10.3. The first-order valence-corrected chi connectivity index (χ1v) is 8.66. The van der Waals surface area contributed by atoms with E-state index in [1.54, 1.807) is 12.1 Å². The Morgan fingerprint density at radius 3 is 2.33 bits per heavy atom. The summed E-state index contributed by atoms with van der Waals surface area (Å²) in [6, 6.07) is 5.37. The Labute approximate surface area is 139 Å². The predicted molar refractivity (Wildman–Crippen MR) is 95.4 cm³/mol. The fraction of sp³-hybridized carbons (Fsp3) is 0.588. The first kappa shape index (κ1) is 18.2. The Morgan fingerprint density at radius 2 is 1.71 bits per heavy atom. The van der Waals surface area contributed by atoms with Crippen LogP contribution in [0.1, 0.15) is 63.9 Å². The maximum absolute atomic E-state index is 5.98. The van der Waals surface area contributed by atoms with Crippen molar-refractivity contribution in [3.05, 3.63) is 28.8 Å². The van der Waals surface area contributed by atoms with Crippen molar-refractivity contribution in [1.82, 2.24) is 0 Å². The Balaban J connectivity index is 2.21. The fourth-order valence-electron chi connectivity index (χ4n) is 2.24. The Morgan fingerprint density at radius 1 is 1.10 bits per heavy atom. The van der Waals surface area contributed by atoms with Gasteiger partial charge in [-0.05, 0) is 24.6 Å². The van der Waals surface area contributed by atoms with E-state index in [0.29, 0.717) is 22.4 Å². The van der Waals surface area contributed by atoms with Crippen LogP contribution in [0.4, 0.5) is 0 Å². The second-order valence-corrected chi connectivity index (χ2v) is 6.20. The molecule has 0 aliphatic heterocycles. The molecular weight excluding hydrogens is 302 g/mol. The van der Waals surface area contributed by atoms with Gasteiger partial charge in [-0.25, -0.2) is 0 Å². The van der Waals surface area contributed by atoms with Crippen molar-refractivity contribution in [3.8, 4) is 5.75 Å². The van der Waals surface area contributed by atoms with Gasteiger partial charge in [0.1, 0.15) is 10.7 Å². The van der Waals surface area contributed by atoms with Crippen LogP contribution in [-0.4, -0.2) is 11.6 Å². The molecule has 0 radical (unpaired) electrons. The molecule has 0 atom stereocenters. The van der Waals surface area contributed by atoms with Crippen LogP contribution in [0.15, 0.2) is 18.2 Å². The maximum atomic E-state index is 5.98. The normalized spacial score (nSPS) is 10.6. The van der Waals surface area contributed by atoms with Crippen LogP contribution in [0, 0.1) is 0 Å². The molecule has 1 aromatic carbocycles. The van der Waals surface area contributed by atoms with Crippen molar-refractivity contribution in [2.24, 2.45) is 5.73 Å². The van der Waals surface area contributed by atoms with E-state index in [9.17, 15) is 0 Å². The van der Waals surface area contributed by atoms with Crippen LogP contribution in [0.5, 0.6) is 5.75 Å².